The van der Waals surface area contributed by atoms with E-state index in [0.717, 1.165) is 22.0 Å². The third-order valence-corrected chi connectivity index (χ3v) is 4.20. The van der Waals surface area contributed by atoms with Gasteiger partial charge >= 0.3 is 5.91 Å². The fourth-order valence-electron chi connectivity index (χ4n) is 2.65. The van der Waals surface area contributed by atoms with Crippen molar-refractivity contribution in [1.29, 1.82) is 0 Å². The van der Waals surface area contributed by atoms with Gasteiger partial charge in [-0.25, -0.2) is 5.43 Å². The summed E-state index contributed by atoms with van der Waals surface area (Å²) < 4.78 is 5.59. The van der Waals surface area contributed by atoms with E-state index in [1.54, 1.807) is 30.5 Å². The van der Waals surface area contributed by atoms with Crippen molar-refractivity contribution in [1.82, 2.24) is 10.4 Å². The molecule has 0 aliphatic carbocycles. The molecule has 2 N–H and O–H groups in total. The monoisotopic (exact) mass is 363 g/mol. The van der Waals surface area contributed by atoms with Gasteiger partial charge in [0.2, 0.25) is 0 Å². The van der Waals surface area contributed by atoms with Crippen LogP contribution in [0.4, 0.5) is 0 Å². The number of hydrazone groups is 1. The largest absolute Gasteiger partial charge is 0.451 e. The van der Waals surface area contributed by atoms with Gasteiger partial charge in [0.25, 0.3) is 0 Å². The maximum atomic E-state index is 12.2. The molecule has 4 aromatic rings. The summed E-state index contributed by atoms with van der Waals surface area (Å²) >= 11 is 5.88. The first-order chi connectivity index (χ1) is 12.7. The van der Waals surface area contributed by atoms with Gasteiger partial charge in [0.1, 0.15) is 5.76 Å². The summed E-state index contributed by atoms with van der Waals surface area (Å²) in [5.74, 6) is 0.361. The average molecular weight is 364 g/mol. The highest BCUT2D eigenvalue weighted by Crippen LogP contribution is 2.23. The minimum atomic E-state index is -0.415. The van der Waals surface area contributed by atoms with Crippen LogP contribution in [0.25, 0.3) is 22.2 Å². The fraction of sp³-hybridized carbons (Fsp3) is 0. The van der Waals surface area contributed by atoms with Crippen molar-refractivity contribution in [2.45, 2.75) is 0 Å². The fourth-order valence-corrected chi connectivity index (χ4v) is 2.77. The Morgan fingerprint density at radius 3 is 2.73 bits per heavy atom. The normalized spacial score (nSPS) is 11.3. The van der Waals surface area contributed by atoms with Crippen molar-refractivity contribution in [3.63, 3.8) is 0 Å². The second-order valence-corrected chi connectivity index (χ2v) is 6.10. The second kappa shape index (κ2) is 6.90. The van der Waals surface area contributed by atoms with Crippen LogP contribution in [0, 0.1) is 0 Å². The van der Waals surface area contributed by atoms with Gasteiger partial charge in [-0.3, -0.25) is 4.79 Å². The van der Waals surface area contributed by atoms with E-state index >= 15 is 0 Å². The van der Waals surface area contributed by atoms with Crippen LogP contribution in [0.2, 0.25) is 5.02 Å². The number of amides is 1. The lowest BCUT2D eigenvalue weighted by atomic mass is 10.2. The number of furan rings is 1. The van der Waals surface area contributed by atoms with E-state index in [9.17, 15) is 4.79 Å². The molecule has 0 aliphatic heterocycles. The second-order valence-electron chi connectivity index (χ2n) is 5.66. The van der Waals surface area contributed by atoms with E-state index in [1.165, 1.54) is 0 Å². The molecule has 0 radical (unpaired) electrons. The van der Waals surface area contributed by atoms with Crippen LogP contribution in [0.1, 0.15) is 16.1 Å². The van der Waals surface area contributed by atoms with Crippen LogP contribution >= 0.6 is 11.6 Å². The highest BCUT2D eigenvalue weighted by atomic mass is 35.5. The zero-order chi connectivity index (χ0) is 17.9. The number of nitrogens with zero attached hydrogens (tertiary/aromatic N) is 1. The molecule has 2 heterocycles. The number of fused-ring (bicyclic) bond motifs is 1. The molecule has 0 fully saturated rings. The number of rotatable bonds is 4. The van der Waals surface area contributed by atoms with Crippen LogP contribution in [0.15, 0.2) is 76.4 Å². The molecule has 5 nitrogen and oxygen atoms in total. The van der Waals surface area contributed by atoms with Gasteiger partial charge in [-0.05, 0) is 42.5 Å². The number of H-pyrrole nitrogens is 1. The summed E-state index contributed by atoms with van der Waals surface area (Å²) in [4.78, 5) is 15.3. The summed E-state index contributed by atoms with van der Waals surface area (Å²) in [5, 5.41) is 5.69. The Kier molecular flexibility index (Phi) is 4.29. The number of halogens is 1. The van der Waals surface area contributed by atoms with Gasteiger partial charge < -0.3 is 9.40 Å². The first kappa shape index (κ1) is 16.2. The molecule has 0 atom stereocenters. The van der Waals surface area contributed by atoms with E-state index in [-0.39, 0.29) is 5.76 Å². The molecule has 0 saturated heterocycles. The van der Waals surface area contributed by atoms with Crippen LogP contribution in [0.3, 0.4) is 0 Å². The number of nitrogens with one attached hydrogen (secondary N) is 2. The van der Waals surface area contributed by atoms with Crippen molar-refractivity contribution in [3.8, 4) is 11.3 Å². The molecule has 0 aliphatic rings. The van der Waals surface area contributed by atoms with Gasteiger partial charge in [0.15, 0.2) is 5.76 Å². The third kappa shape index (κ3) is 3.25. The van der Waals surface area contributed by atoms with Crippen LogP contribution in [-0.4, -0.2) is 17.1 Å². The zero-order valence-electron chi connectivity index (χ0n) is 13.6. The minimum Gasteiger partial charge on any atom is -0.451 e. The van der Waals surface area contributed by atoms with Crippen LogP contribution in [-0.2, 0) is 0 Å². The maximum Gasteiger partial charge on any atom is 0.307 e. The predicted octanol–water partition coefficient (Wildman–Crippen LogP) is 4.85. The number of aromatic amines is 1. The lowest BCUT2D eigenvalue weighted by Crippen LogP contribution is -2.16. The summed E-state index contributed by atoms with van der Waals surface area (Å²) in [6.07, 6.45) is 3.44. The Bertz CT molecular complexity index is 1090. The minimum absolute atomic E-state index is 0.186. The standard InChI is InChI=1S/C20H14ClN3O2/c21-15-7-5-13(6-8-15)18-9-10-19(26-18)20(25)24-23-12-14-11-22-17-4-2-1-3-16(14)17/h1-12,22H,(H,24,25). The molecular formula is C20H14ClN3O2. The summed E-state index contributed by atoms with van der Waals surface area (Å²) in [6.45, 7) is 0. The van der Waals surface area contributed by atoms with E-state index < -0.39 is 5.91 Å². The maximum absolute atomic E-state index is 12.2. The van der Waals surface area contributed by atoms with Crippen molar-refractivity contribution in [2.75, 3.05) is 0 Å². The molecule has 2 aromatic heterocycles. The number of carbonyl (C=O) groups is 1. The molecule has 0 unspecified atom stereocenters. The summed E-state index contributed by atoms with van der Waals surface area (Å²) in [6, 6.07) is 18.4. The molecule has 4 rings (SSSR count). The molecule has 0 spiro atoms. The van der Waals surface area contributed by atoms with Gasteiger partial charge in [-0.2, -0.15) is 5.10 Å². The Morgan fingerprint density at radius 2 is 1.88 bits per heavy atom. The molecule has 6 heteroatoms. The number of carbonyl (C=O) groups excluding carboxylic acids is 1. The molecule has 1 amide bonds. The first-order valence-corrected chi connectivity index (χ1v) is 8.34. The van der Waals surface area contributed by atoms with Gasteiger partial charge in [0, 0.05) is 33.2 Å². The summed E-state index contributed by atoms with van der Waals surface area (Å²) in [7, 11) is 0. The Labute approximate surface area is 154 Å². The zero-order valence-corrected chi connectivity index (χ0v) is 14.3. The van der Waals surface area contributed by atoms with Crippen LogP contribution in [0.5, 0.6) is 0 Å². The van der Waals surface area contributed by atoms with E-state index in [0.29, 0.717) is 10.8 Å². The Morgan fingerprint density at radius 1 is 1.08 bits per heavy atom. The molecule has 128 valence electrons. The number of para-hydroxylation sites is 1. The number of hydrogen-bond acceptors (Lipinski definition) is 3. The SMILES string of the molecule is O=C(NN=Cc1c[nH]c2ccccc12)c1ccc(-c2ccc(Cl)cc2)o1. The van der Waals surface area contributed by atoms with E-state index in [4.69, 9.17) is 16.0 Å². The molecule has 0 saturated carbocycles. The van der Waals surface area contributed by atoms with Crippen molar-refractivity contribution in [3.05, 3.63) is 83.2 Å². The van der Waals surface area contributed by atoms with Crippen molar-refractivity contribution in [2.24, 2.45) is 5.10 Å². The number of aromatic nitrogens is 1. The predicted molar refractivity (Wildman–Crippen MR) is 103 cm³/mol. The third-order valence-electron chi connectivity index (χ3n) is 3.95. The first-order valence-electron chi connectivity index (χ1n) is 7.96. The molecule has 0 bridgehead atoms. The lowest BCUT2D eigenvalue weighted by molar-refractivity contribution is 0.0928. The Balaban J connectivity index is 1.46. The van der Waals surface area contributed by atoms with Gasteiger partial charge in [0.05, 0.1) is 6.21 Å². The number of benzene rings is 2. The summed E-state index contributed by atoms with van der Waals surface area (Å²) in [5.41, 5.74) is 5.22. The molecular weight excluding hydrogens is 350 g/mol. The van der Waals surface area contributed by atoms with Crippen molar-refractivity contribution >= 4 is 34.6 Å². The highest BCUT2D eigenvalue weighted by Gasteiger charge is 2.11. The highest BCUT2D eigenvalue weighted by molar-refractivity contribution is 6.30. The van der Waals surface area contributed by atoms with Gasteiger partial charge in [-0.1, -0.05) is 29.8 Å². The van der Waals surface area contributed by atoms with E-state index in [1.807, 2.05) is 42.6 Å². The quantitative estimate of drug-likeness (QED) is 0.402. The topological polar surface area (TPSA) is 70.4 Å². The molecule has 2 aromatic carbocycles. The smallest absolute Gasteiger partial charge is 0.307 e. The van der Waals surface area contributed by atoms with Crippen LogP contribution < -0.4 is 5.43 Å². The van der Waals surface area contributed by atoms with Crippen molar-refractivity contribution < 1.29 is 9.21 Å². The average Bonchev–Trinajstić information content (AvgIpc) is 3.30. The van der Waals surface area contributed by atoms with Gasteiger partial charge in [-0.15, -0.1) is 0 Å². The van der Waals surface area contributed by atoms with E-state index in [2.05, 4.69) is 15.5 Å². The lowest BCUT2D eigenvalue weighted by Gasteiger charge is -1.98. The Hall–Kier alpha value is -3.31. The molecule has 26 heavy (non-hydrogen) atoms. The number of hydrogen-bond donors (Lipinski definition) is 2.